The number of imide groups is 1. The van der Waals surface area contributed by atoms with Gasteiger partial charge in [-0.1, -0.05) is 31.9 Å². The van der Waals surface area contributed by atoms with Gasteiger partial charge in [-0.05, 0) is 30.9 Å². The van der Waals surface area contributed by atoms with Crippen molar-refractivity contribution in [2.75, 3.05) is 11.9 Å². The van der Waals surface area contributed by atoms with Gasteiger partial charge >= 0.3 is 12.6 Å². The molecule has 0 aromatic heterocycles. The Morgan fingerprint density at radius 3 is 2.81 bits per heavy atom. The lowest BCUT2D eigenvalue weighted by Crippen LogP contribution is -2.54. The topological polar surface area (TPSA) is 87.7 Å². The fourth-order valence-corrected chi connectivity index (χ4v) is 3.74. The highest BCUT2D eigenvalue weighted by atomic mass is 19.3. The third kappa shape index (κ3) is 3.72. The summed E-state index contributed by atoms with van der Waals surface area (Å²) in [6.07, 6.45) is 3.19. The van der Waals surface area contributed by atoms with Crippen LogP contribution in [0.4, 0.5) is 19.3 Å². The van der Waals surface area contributed by atoms with E-state index >= 15 is 0 Å². The number of carbonyl (C=O) groups is 3. The lowest BCUT2D eigenvalue weighted by Gasteiger charge is -2.36. The number of hydrogen-bond acceptors (Lipinski definition) is 4. The molecule has 0 bridgehead atoms. The average Bonchev–Trinajstić information content (AvgIpc) is 2.84. The second kappa shape index (κ2) is 7.50. The summed E-state index contributed by atoms with van der Waals surface area (Å²) in [5.41, 5.74) is -0.914. The van der Waals surface area contributed by atoms with Crippen molar-refractivity contribution in [3.05, 3.63) is 24.3 Å². The van der Waals surface area contributed by atoms with E-state index in [0.717, 1.165) is 24.2 Å². The molecule has 1 aliphatic carbocycles. The van der Waals surface area contributed by atoms with Gasteiger partial charge in [0.1, 0.15) is 17.8 Å². The quantitative estimate of drug-likeness (QED) is 0.768. The number of ether oxygens (including phenoxy) is 1. The van der Waals surface area contributed by atoms with Crippen LogP contribution in [-0.2, 0) is 9.59 Å². The molecule has 2 aliphatic rings. The molecule has 1 spiro atoms. The van der Waals surface area contributed by atoms with E-state index in [0.29, 0.717) is 6.42 Å². The van der Waals surface area contributed by atoms with E-state index in [1.54, 1.807) is 6.07 Å². The number of nitrogens with one attached hydrogen (secondary N) is 2. The zero-order valence-electron chi connectivity index (χ0n) is 14.8. The van der Waals surface area contributed by atoms with Crippen molar-refractivity contribution in [2.45, 2.75) is 44.8 Å². The van der Waals surface area contributed by atoms with Crippen LogP contribution in [0, 0.1) is 5.92 Å². The SMILES string of the molecule is CC1CCCCC12NC(=O)N(CC(=O)Nc1ccccc1OC(F)F)C2=O. The predicted octanol–water partition coefficient (Wildman–Crippen LogP) is 2.73. The van der Waals surface area contributed by atoms with Crippen LogP contribution in [0.5, 0.6) is 5.75 Å². The molecule has 4 amide bonds. The summed E-state index contributed by atoms with van der Waals surface area (Å²) >= 11 is 0. The summed E-state index contributed by atoms with van der Waals surface area (Å²) in [7, 11) is 0. The van der Waals surface area contributed by atoms with Crippen molar-refractivity contribution in [1.29, 1.82) is 0 Å². The standard InChI is InChI=1S/C18H21F2N3O4/c1-11-6-4-5-9-18(11)15(25)23(17(26)22-18)10-14(24)21-12-7-2-3-8-13(12)27-16(19)20/h2-3,7-8,11,16H,4-6,9-10H2,1H3,(H,21,24)(H,22,26). The molecule has 2 fully saturated rings. The monoisotopic (exact) mass is 381 g/mol. The number of alkyl halides is 2. The number of rotatable bonds is 5. The Balaban J connectivity index is 1.70. The summed E-state index contributed by atoms with van der Waals surface area (Å²) in [5.74, 6) is -1.30. The van der Waals surface area contributed by atoms with Gasteiger partial charge in [0.2, 0.25) is 5.91 Å². The number of hydrogen-bond donors (Lipinski definition) is 2. The highest BCUT2D eigenvalue weighted by molar-refractivity contribution is 6.10. The van der Waals surface area contributed by atoms with Gasteiger partial charge < -0.3 is 15.4 Å². The molecule has 0 radical (unpaired) electrons. The first-order chi connectivity index (χ1) is 12.8. The first kappa shape index (κ1) is 19.1. The first-order valence-corrected chi connectivity index (χ1v) is 8.81. The summed E-state index contributed by atoms with van der Waals surface area (Å²) in [6, 6.07) is 5.10. The van der Waals surface area contributed by atoms with E-state index in [-0.39, 0.29) is 17.4 Å². The van der Waals surface area contributed by atoms with Crippen LogP contribution in [-0.4, -0.2) is 41.4 Å². The van der Waals surface area contributed by atoms with Crippen LogP contribution in [0.15, 0.2) is 24.3 Å². The average molecular weight is 381 g/mol. The van der Waals surface area contributed by atoms with Gasteiger partial charge in [0, 0.05) is 0 Å². The van der Waals surface area contributed by atoms with Gasteiger partial charge in [-0.3, -0.25) is 14.5 Å². The summed E-state index contributed by atoms with van der Waals surface area (Å²) < 4.78 is 29.3. The number of para-hydroxylation sites is 2. The van der Waals surface area contributed by atoms with Gasteiger partial charge in [0.25, 0.3) is 5.91 Å². The maximum Gasteiger partial charge on any atom is 0.387 e. The number of carbonyl (C=O) groups excluding carboxylic acids is 3. The molecule has 2 unspecified atom stereocenters. The summed E-state index contributed by atoms with van der Waals surface area (Å²) in [5, 5.41) is 5.17. The lowest BCUT2D eigenvalue weighted by molar-refractivity contribution is -0.136. The molecule has 1 aromatic rings. The van der Waals surface area contributed by atoms with E-state index in [1.165, 1.54) is 18.2 Å². The zero-order chi connectivity index (χ0) is 19.6. The van der Waals surface area contributed by atoms with E-state index in [1.807, 2.05) is 6.92 Å². The van der Waals surface area contributed by atoms with Gasteiger partial charge in [-0.15, -0.1) is 0 Å². The van der Waals surface area contributed by atoms with Gasteiger partial charge in [-0.2, -0.15) is 8.78 Å². The molecule has 1 heterocycles. The van der Waals surface area contributed by atoms with Crippen molar-refractivity contribution in [1.82, 2.24) is 10.2 Å². The Labute approximate surface area is 155 Å². The van der Waals surface area contributed by atoms with Crippen molar-refractivity contribution in [2.24, 2.45) is 5.92 Å². The molecular weight excluding hydrogens is 360 g/mol. The molecule has 7 nitrogen and oxygen atoms in total. The highest BCUT2D eigenvalue weighted by Gasteiger charge is 2.55. The minimum absolute atomic E-state index is 0.0177. The second-order valence-corrected chi connectivity index (χ2v) is 6.86. The molecule has 1 saturated heterocycles. The lowest BCUT2D eigenvalue weighted by atomic mass is 9.73. The van der Waals surface area contributed by atoms with Crippen LogP contribution in [0.2, 0.25) is 0 Å². The van der Waals surface area contributed by atoms with Gasteiger partial charge in [-0.25, -0.2) is 4.79 Å². The van der Waals surface area contributed by atoms with E-state index < -0.39 is 36.5 Å². The van der Waals surface area contributed by atoms with Crippen molar-refractivity contribution >= 4 is 23.5 Å². The number of urea groups is 1. The Hall–Kier alpha value is -2.71. The maximum atomic E-state index is 12.8. The van der Waals surface area contributed by atoms with Crippen LogP contribution in [0.25, 0.3) is 0 Å². The van der Waals surface area contributed by atoms with Crippen LogP contribution in [0.3, 0.4) is 0 Å². The number of benzene rings is 1. The molecule has 2 atom stereocenters. The Bertz CT molecular complexity index is 758. The highest BCUT2D eigenvalue weighted by Crippen LogP contribution is 2.38. The molecule has 146 valence electrons. The summed E-state index contributed by atoms with van der Waals surface area (Å²) in [4.78, 5) is 38.3. The summed E-state index contributed by atoms with van der Waals surface area (Å²) in [6.45, 7) is -1.62. The van der Waals surface area contributed by atoms with Crippen molar-refractivity contribution < 1.29 is 27.9 Å². The molecule has 1 saturated carbocycles. The molecule has 3 rings (SSSR count). The Kier molecular flexibility index (Phi) is 5.29. The first-order valence-electron chi connectivity index (χ1n) is 8.81. The molecule has 27 heavy (non-hydrogen) atoms. The van der Waals surface area contributed by atoms with Crippen molar-refractivity contribution in [3.63, 3.8) is 0 Å². The van der Waals surface area contributed by atoms with Crippen LogP contribution in [0.1, 0.15) is 32.6 Å². The number of anilines is 1. The zero-order valence-corrected chi connectivity index (χ0v) is 14.8. The van der Waals surface area contributed by atoms with E-state index in [4.69, 9.17) is 0 Å². The normalized spacial score (nSPS) is 25.0. The minimum atomic E-state index is -3.04. The smallest absolute Gasteiger partial charge is 0.387 e. The van der Waals surface area contributed by atoms with Gasteiger partial charge in [0.15, 0.2) is 0 Å². The molecule has 1 aromatic carbocycles. The predicted molar refractivity (Wildman–Crippen MR) is 92.3 cm³/mol. The largest absolute Gasteiger partial charge is 0.433 e. The van der Waals surface area contributed by atoms with E-state index in [9.17, 15) is 23.2 Å². The maximum absolute atomic E-state index is 12.8. The van der Waals surface area contributed by atoms with Crippen LogP contribution >= 0.6 is 0 Å². The third-order valence-corrected chi connectivity index (χ3v) is 5.18. The van der Waals surface area contributed by atoms with Crippen molar-refractivity contribution in [3.8, 4) is 5.75 Å². The van der Waals surface area contributed by atoms with E-state index in [2.05, 4.69) is 15.4 Å². The molecule has 2 N–H and O–H groups in total. The molecular formula is C18H21F2N3O4. The Morgan fingerprint density at radius 2 is 2.11 bits per heavy atom. The number of amides is 4. The third-order valence-electron chi connectivity index (χ3n) is 5.18. The number of halogens is 2. The van der Waals surface area contributed by atoms with Gasteiger partial charge in [0.05, 0.1) is 5.69 Å². The Morgan fingerprint density at radius 1 is 1.37 bits per heavy atom. The van der Waals surface area contributed by atoms with Crippen LogP contribution < -0.4 is 15.4 Å². The fourth-order valence-electron chi connectivity index (χ4n) is 3.74. The molecule has 9 heteroatoms. The second-order valence-electron chi connectivity index (χ2n) is 6.86. The molecule has 1 aliphatic heterocycles. The minimum Gasteiger partial charge on any atom is -0.433 e. The number of nitrogens with zero attached hydrogens (tertiary/aromatic N) is 1. The fraction of sp³-hybridized carbons (Fsp3) is 0.500.